The van der Waals surface area contributed by atoms with E-state index in [9.17, 15) is 0 Å². The molecular formula is C51H34N2O. The predicted molar refractivity (Wildman–Crippen MR) is 225 cm³/mol. The molecular weight excluding hydrogens is 657 g/mol. The van der Waals surface area contributed by atoms with Gasteiger partial charge in [-0.25, -0.2) is 0 Å². The van der Waals surface area contributed by atoms with Crippen molar-refractivity contribution < 1.29 is 4.42 Å². The minimum absolute atomic E-state index is 0.116. The summed E-state index contributed by atoms with van der Waals surface area (Å²) in [7, 11) is 0. The van der Waals surface area contributed by atoms with Gasteiger partial charge in [-0.3, -0.25) is 0 Å². The van der Waals surface area contributed by atoms with E-state index < -0.39 is 0 Å². The number of furan rings is 1. The molecule has 0 amide bonds. The Bertz CT molecular complexity index is 3340. The van der Waals surface area contributed by atoms with E-state index >= 15 is 0 Å². The van der Waals surface area contributed by atoms with Gasteiger partial charge in [0.15, 0.2) is 0 Å². The van der Waals surface area contributed by atoms with E-state index in [1.165, 1.54) is 65.9 Å². The molecule has 3 aromatic heterocycles. The van der Waals surface area contributed by atoms with E-state index in [-0.39, 0.29) is 5.41 Å². The Morgan fingerprint density at radius 3 is 1.87 bits per heavy atom. The second-order valence-electron chi connectivity index (χ2n) is 15.3. The Morgan fingerprint density at radius 1 is 0.426 bits per heavy atom. The van der Waals surface area contributed by atoms with Crippen LogP contribution in [0.3, 0.4) is 0 Å². The quantitative estimate of drug-likeness (QED) is 0.181. The largest absolute Gasteiger partial charge is 0.455 e. The highest BCUT2D eigenvalue weighted by molar-refractivity contribution is 6.28. The molecule has 0 saturated carbocycles. The number of nitrogens with zero attached hydrogens (tertiary/aromatic N) is 2. The lowest BCUT2D eigenvalue weighted by Gasteiger charge is -2.21. The molecule has 12 rings (SSSR count). The first kappa shape index (κ1) is 29.7. The fourth-order valence-corrected chi connectivity index (χ4v) is 9.63. The second kappa shape index (κ2) is 10.6. The van der Waals surface area contributed by atoms with E-state index in [1.54, 1.807) is 0 Å². The molecule has 3 nitrogen and oxygen atoms in total. The summed E-state index contributed by atoms with van der Waals surface area (Å²) in [6.45, 7) is 4.73. The molecule has 0 saturated heterocycles. The molecule has 254 valence electrons. The summed E-state index contributed by atoms with van der Waals surface area (Å²) in [6.07, 6.45) is 0. The third kappa shape index (κ3) is 3.85. The van der Waals surface area contributed by atoms with E-state index in [1.807, 2.05) is 0 Å². The zero-order valence-corrected chi connectivity index (χ0v) is 30.0. The Hall–Kier alpha value is -6.84. The van der Waals surface area contributed by atoms with Crippen LogP contribution in [0.25, 0.3) is 99.2 Å². The van der Waals surface area contributed by atoms with Crippen molar-refractivity contribution in [3.63, 3.8) is 0 Å². The van der Waals surface area contributed by atoms with Crippen molar-refractivity contribution in [2.75, 3.05) is 0 Å². The van der Waals surface area contributed by atoms with Crippen LogP contribution in [0.5, 0.6) is 0 Å². The molecule has 54 heavy (non-hydrogen) atoms. The molecule has 0 unspecified atom stereocenters. The second-order valence-corrected chi connectivity index (χ2v) is 15.3. The third-order valence-electron chi connectivity index (χ3n) is 12.1. The Labute approximate surface area is 311 Å². The average molecular weight is 691 g/mol. The number of aromatic nitrogens is 2. The van der Waals surface area contributed by atoms with Crippen LogP contribution in [-0.4, -0.2) is 9.13 Å². The van der Waals surface area contributed by atoms with Crippen LogP contribution in [0.2, 0.25) is 0 Å². The lowest BCUT2D eigenvalue weighted by Crippen LogP contribution is -2.14. The lowest BCUT2D eigenvalue weighted by atomic mass is 9.82. The number of benzene rings is 8. The van der Waals surface area contributed by atoms with Crippen LogP contribution in [0.15, 0.2) is 174 Å². The maximum atomic E-state index is 6.95. The number of fused-ring (bicyclic) bond motifs is 13. The maximum Gasteiger partial charge on any atom is 0.145 e. The van der Waals surface area contributed by atoms with E-state index in [4.69, 9.17) is 4.42 Å². The molecule has 0 spiro atoms. The maximum absolute atomic E-state index is 6.95. The highest BCUT2D eigenvalue weighted by Gasteiger charge is 2.36. The van der Waals surface area contributed by atoms with Gasteiger partial charge in [-0.2, -0.15) is 0 Å². The van der Waals surface area contributed by atoms with Gasteiger partial charge in [-0.05, 0) is 94.5 Å². The van der Waals surface area contributed by atoms with Gasteiger partial charge >= 0.3 is 0 Å². The zero-order valence-electron chi connectivity index (χ0n) is 30.0. The van der Waals surface area contributed by atoms with Crippen LogP contribution < -0.4 is 0 Å². The SMILES string of the molecule is CC1(C)c2ccccc2-c2cc3c4cc(-c5ccc6c(c5)c5ccccc5n6-c5ccccc5)c5oc6ccccc6c5c4n(-c4ccccc4)c3cc21. The number of hydrogen-bond donors (Lipinski definition) is 0. The first-order valence-electron chi connectivity index (χ1n) is 18.8. The van der Waals surface area contributed by atoms with Crippen molar-refractivity contribution in [1.82, 2.24) is 9.13 Å². The molecule has 0 fully saturated rings. The molecule has 0 bridgehead atoms. The monoisotopic (exact) mass is 690 g/mol. The van der Waals surface area contributed by atoms with E-state index in [0.717, 1.165) is 44.4 Å². The van der Waals surface area contributed by atoms with Crippen LogP contribution in [0.1, 0.15) is 25.0 Å². The van der Waals surface area contributed by atoms with Crippen molar-refractivity contribution in [3.05, 3.63) is 181 Å². The molecule has 1 aliphatic carbocycles. The first-order chi connectivity index (χ1) is 26.6. The van der Waals surface area contributed by atoms with Crippen molar-refractivity contribution in [2.45, 2.75) is 19.3 Å². The molecule has 3 heterocycles. The van der Waals surface area contributed by atoms with Gasteiger partial charge in [0.25, 0.3) is 0 Å². The average Bonchev–Trinajstić information content (AvgIpc) is 3.93. The topological polar surface area (TPSA) is 23.0 Å². The van der Waals surface area contributed by atoms with Gasteiger partial charge in [-0.1, -0.05) is 117 Å². The van der Waals surface area contributed by atoms with Gasteiger partial charge in [0.1, 0.15) is 11.2 Å². The van der Waals surface area contributed by atoms with Gasteiger partial charge in [0, 0.05) is 49.3 Å². The first-order valence-corrected chi connectivity index (χ1v) is 18.8. The summed E-state index contributed by atoms with van der Waals surface area (Å²) in [6, 6.07) is 62.0. The standard InChI is InChI=1S/C51H34N2O/c1-51(2)42-22-12-9-19-34(42)38-29-40-41-28-37(31-25-26-45-39(27-31)35-20-10-13-23-44(35)52(45)32-15-5-3-6-16-32)50-48(36-21-11-14-24-47(36)54-50)49(41)53(46(40)30-43(38)51)33-17-7-4-8-18-33/h3-30H,1-2H3. The van der Waals surface area contributed by atoms with Crippen LogP contribution >= 0.6 is 0 Å². The number of para-hydroxylation sites is 4. The zero-order chi connectivity index (χ0) is 35.7. The van der Waals surface area contributed by atoms with Gasteiger partial charge in [0.2, 0.25) is 0 Å². The number of rotatable bonds is 3. The Balaban J connectivity index is 1.24. The molecule has 3 heteroatoms. The smallest absolute Gasteiger partial charge is 0.145 e. The molecule has 0 aliphatic heterocycles. The van der Waals surface area contributed by atoms with Crippen LogP contribution in [0.4, 0.5) is 0 Å². The fourth-order valence-electron chi connectivity index (χ4n) is 9.63. The van der Waals surface area contributed by atoms with Crippen LogP contribution in [-0.2, 0) is 5.41 Å². The summed E-state index contributed by atoms with van der Waals surface area (Å²) < 4.78 is 11.8. The fraction of sp³-hybridized carbons (Fsp3) is 0.0588. The number of hydrogen-bond acceptors (Lipinski definition) is 1. The summed E-state index contributed by atoms with van der Waals surface area (Å²) >= 11 is 0. The summed E-state index contributed by atoms with van der Waals surface area (Å²) in [5.41, 5.74) is 16.4. The molecule has 1 aliphatic rings. The highest BCUT2D eigenvalue weighted by Crippen LogP contribution is 2.52. The van der Waals surface area contributed by atoms with Gasteiger partial charge in [0.05, 0.1) is 27.5 Å². The van der Waals surface area contributed by atoms with E-state index in [2.05, 4.69) is 193 Å². The predicted octanol–water partition coefficient (Wildman–Crippen LogP) is 13.8. The molecule has 8 aromatic carbocycles. The normalized spacial score (nSPS) is 13.5. The van der Waals surface area contributed by atoms with Crippen molar-refractivity contribution in [1.29, 1.82) is 0 Å². The molecule has 11 aromatic rings. The van der Waals surface area contributed by atoms with Crippen molar-refractivity contribution in [2.24, 2.45) is 0 Å². The Kier molecular flexibility index (Phi) is 5.84. The summed E-state index contributed by atoms with van der Waals surface area (Å²) in [5, 5.41) is 7.19. The molecule has 0 radical (unpaired) electrons. The third-order valence-corrected chi connectivity index (χ3v) is 12.1. The van der Waals surface area contributed by atoms with Crippen molar-refractivity contribution >= 4 is 65.6 Å². The van der Waals surface area contributed by atoms with Gasteiger partial charge in [-0.15, -0.1) is 0 Å². The Morgan fingerprint density at radius 2 is 1.06 bits per heavy atom. The highest BCUT2D eigenvalue weighted by atomic mass is 16.3. The molecule has 0 atom stereocenters. The van der Waals surface area contributed by atoms with Crippen LogP contribution in [0, 0.1) is 0 Å². The van der Waals surface area contributed by atoms with Gasteiger partial charge < -0.3 is 13.6 Å². The summed E-state index contributed by atoms with van der Waals surface area (Å²) in [4.78, 5) is 0. The lowest BCUT2D eigenvalue weighted by molar-refractivity contribution is 0.661. The molecule has 0 N–H and O–H groups in total. The minimum atomic E-state index is -0.116. The van der Waals surface area contributed by atoms with Crippen molar-refractivity contribution in [3.8, 4) is 33.6 Å². The van der Waals surface area contributed by atoms with E-state index in [0.29, 0.717) is 0 Å². The minimum Gasteiger partial charge on any atom is -0.455 e. The summed E-state index contributed by atoms with van der Waals surface area (Å²) in [5.74, 6) is 0.